The van der Waals surface area contributed by atoms with Gasteiger partial charge in [-0.1, -0.05) is 11.6 Å². The molecule has 17 heavy (non-hydrogen) atoms. The summed E-state index contributed by atoms with van der Waals surface area (Å²) < 4.78 is 21.8. The molecule has 94 valence electrons. The number of nitrogens with two attached hydrogens (primary N) is 1. The van der Waals surface area contributed by atoms with Crippen molar-refractivity contribution in [1.29, 1.82) is 0 Å². The van der Waals surface area contributed by atoms with Crippen LogP contribution in [0.15, 0.2) is 17.3 Å². The molecule has 1 amide bonds. The van der Waals surface area contributed by atoms with E-state index in [9.17, 15) is 13.2 Å². The molecule has 1 heterocycles. The van der Waals surface area contributed by atoms with Gasteiger partial charge < -0.3 is 5.73 Å². The molecular weight excluding hydrogens is 284 g/mol. The van der Waals surface area contributed by atoms with Crippen LogP contribution in [-0.4, -0.2) is 37.1 Å². The number of aromatic nitrogens is 1. The van der Waals surface area contributed by atoms with Crippen LogP contribution in [0.3, 0.4) is 0 Å². The van der Waals surface area contributed by atoms with E-state index < -0.39 is 15.7 Å². The maximum Gasteiger partial charge on any atom is 0.250 e. The van der Waals surface area contributed by atoms with Crippen molar-refractivity contribution >= 4 is 39.1 Å². The van der Waals surface area contributed by atoms with E-state index in [-0.39, 0.29) is 11.3 Å². The summed E-state index contributed by atoms with van der Waals surface area (Å²) in [5.74, 6) is -0.193. The van der Waals surface area contributed by atoms with E-state index >= 15 is 0 Å². The zero-order chi connectivity index (χ0) is 13.1. The van der Waals surface area contributed by atoms with Gasteiger partial charge in [-0.05, 0) is 6.07 Å². The van der Waals surface area contributed by atoms with Crippen LogP contribution < -0.4 is 5.73 Å². The molecular formula is C9H11ClN2O3S2. The van der Waals surface area contributed by atoms with Crippen LogP contribution >= 0.6 is 23.4 Å². The zero-order valence-electron chi connectivity index (χ0n) is 9.01. The third-order valence-corrected chi connectivity index (χ3v) is 4.40. The molecule has 8 heteroatoms. The minimum atomic E-state index is -2.99. The lowest BCUT2D eigenvalue weighted by molar-refractivity contribution is 0.1000. The average molecular weight is 295 g/mol. The molecule has 0 bridgehead atoms. The Morgan fingerprint density at radius 1 is 1.59 bits per heavy atom. The van der Waals surface area contributed by atoms with Gasteiger partial charge in [0.05, 0.1) is 16.3 Å². The van der Waals surface area contributed by atoms with Crippen molar-refractivity contribution in [3.05, 3.63) is 22.8 Å². The number of halogens is 1. The first-order valence-electron chi connectivity index (χ1n) is 4.55. The van der Waals surface area contributed by atoms with Crippen molar-refractivity contribution < 1.29 is 13.2 Å². The second-order valence-electron chi connectivity index (χ2n) is 3.35. The van der Waals surface area contributed by atoms with E-state index in [2.05, 4.69) is 4.98 Å². The summed E-state index contributed by atoms with van der Waals surface area (Å²) in [6, 6.07) is 1.42. The highest BCUT2D eigenvalue weighted by molar-refractivity contribution is 8.00. The molecule has 1 aromatic rings. The Balaban J connectivity index is 2.70. The molecule has 0 saturated heterocycles. The van der Waals surface area contributed by atoms with E-state index in [1.165, 1.54) is 30.3 Å². The summed E-state index contributed by atoms with van der Waals surface area (Å²) >= 11 is 7.10. The minimum Gasteiger partial charge on any atom is -0.366 e. The summed E-state index contributed by atoms with van der Waals surface area (Å²) in [7, 11) is -2.99. The van der Waals surface area contributed by atoms with Gasteiger partial charge in [0.25, 0.3) is 0 Å². The molecule has 0 fully saturated rings. The molecule has 0 aliphatic rings. The monoisotopic (exact) mass is 294 g/mol. The van der Waals surface area contributed by atoms with Gasteiger partial charge >= 0.3 is 0 Å². The molecule has 2 N–H and O–H groups in total. The van der Waals surface area contributed by atoms with Crippen LogP contribution in [-0.2, 0) is 9.84 Å². The number of sulfone groups is 1. The smallest absolute Gasteiger partial charge is 0.250 e. The molecule has 0 unspecified atom stereocenters. The Kier molecular flexibility index (Phi) is 4.79. The maximum absolute atomic E-state index is 10.9. The van der Waals surface area contributed by atoms with Gasteiger partial charge in [0.2, 0.25) is 5.91 Å². The minimum absolute atomic E-state index is 0.0489. The number of rotatable bonds is 5. The lowest BCUT2D eigenvalue weighted by Crippen LogP contribution is -2.11. The van der Waals surface area contributed by atoms with Gasteiger partial charge in [-0.15, -0.1) is 11.8 Å². The number of nitrogens with zero attached hydrogens (tertiary/aromatic N) is 1. The lowest BCUT2D eigenvalue weighted by Gasteiger charge is -2.03. The van der Waals surface area contributed by atoms with E-state index in [1.54, 1.807) is 0 Å². The maximum atomic E-state index is 10.9. The summed E-state index contributed by atoms with van der Waals surface area (Å²) in [4.78, 5) is 14.8. The number of amides is 1. The Morgan fingerprint density at radius 2 is 2.24 bits per heavy atom. The van der Waals surface area contributed by atoms with Gasteiger partial charge in [-0.3, -0.25) is 4.79 Å². The Hall–Kier alpha value is -0.790. The summed E-state index contributed by atoms with van der Waals surface area (Å²) in [5.41, 5.74) is 5.29. The fourth-order valence-corrected chi connectivity index (χ4v) is 3.35. The molecule has 0 spiro atoms. The second-order valence-corrected chi connectivity index (χ2v) is 7.10. The number of hydrogen-bond donors (Lipinski definition) is 1. The van der Waals surface area contributed by atoms with Crippen LogP contribution in [0, 0.1) is 0 Å². The third-order valence-electron chi connectivity index (χ3n) is 1.78. The zero-order valence-corrected chi connectivity index (χ0v) is 11.4. The highest BCUT2D eigenvalue weighted by atomic mass is 35.5. The molecule has 0 radical (unpaired) electrons. The van der Waals surface area contributed by atoms with Gasteiger partial charge in [-0.25, -0.2) is 13.4 Å². The predicted molar refractivity (Wildman–Crippen MR) is 68.2 cm³/mol. The van der Waals surface area contributed by atoms with Crippen LogP contribution in [0.1, 0.15) is 10.4 Å². The number of pyridine rings is 1. The summed E-state index contributed by atoms with van der Waals surface area (Å²) in [6.45, 7) is 0. The molecule has 0 aromatic carbocycles. The molecule has 0 aliphatic carbocycles. The van der Waals surface area contributed by atoms with Crippen molar-refractivity contribution in [2.24, 2.45) is 5.73 Å². The molecule has 0 saturated carbocycles. The Bertz CT molecular complexity index is 531. The van der Waals surface area contributed by atoms with E-state index in [4.69, 9.17) is 17.3 Å². The first kappa shape index (κ1) is 14.3. The summed E-state index contributed by atoms with van der Waals surface area (Å²) in [6.07, 6.45) is 2.48. The van der Waals surface area contributed by atoms with Gasteiger partial charge in [0.1, 0.15) is 14.9 Å². The van der Waals surface area contributed by atoms with E-state index in [0.29, 0.717) is 15.8 Å². The topological polar surface area (TPSA) is 90.1 Å². The number of carbonyl (C=O) groups is 1. The summed E-state index contributed by atoms with van der Waals surface area (Å²) in [5, 5.41) is 0.778. The molecule has 1 aromatic heterocycles. The van der Waals surface area contributed by atoms with Crippen molar-refractivity contribution in [3.63, 3.8) is 0 Å². The van der Waals surface area contributed by atoms with Crippen LogP contribution in [0.25, 0.3) is 0 Å². The van der Waals surface area contributed by atoms with Crippen LogP contribution in [0.2, 0.25) is 5.02 Å². The normalized spacial score (nSPS) is 11.4. The first-order chi connectivity index (χ1) is 7.79. The number of primary amides is 1. The molecule has 0 atom stereocenters. The molecule has 0 aliphatic heterocycles. The van der Waals surface area contributed by atoms with E-state index in [0.717, 1.165) is 0 Å². The standard InChI is InChI=1S/C9H11ClN2O3S2/c1-17(14,15)3-2-16-9-7(10)4-6(5-12-9)8(11)13/h4-5H,2-3H2,1H3,(H2,11,13). The quantitative estimate of drug-likeness (QED) is 0.817. The van der Waals surface area contributed by atoms with E-state index in [1.807, 2.05) is 0 Å². The highest BCUT2D eigenvalue weighted by Crippen LogP contribution is 2.25. The average Bonchev–Trinajstić information content (AvgIpc) is 2.18. The van der Waals surface area contributed by atoms with Crippen molar-refractivity contribution in [3.8, 4) is 0 Å². The van der Waals surface area contributed by atoms with Gasteiger partial charge in [0.15, 0.2) is 0 Å². The third kappa shape index (κ3) is 4.93. The number of thioether (sulfide) groups is 1. The predicted octanol–water partition coefficient (Wildman–Crippen LogP) is 0.971. The fraction of sp³-hybridized carbons (Fsp3) is 0.333. The second kappa shape index (κ2) is 5.70. The number of hydrogen-bond acceptors (Lipinski definition) is 5. The Labute approximate surface area is 109 Å². The van der Waals surface area contributed by atoms with Crippen LogP contribution in [0.5, 0.6) is 0 Å². The van der Waals surface area contributed by atoms with Crippen molar-refractivity contribution in [2.45, 2.75) is 5.03 Å². The first-order valence-corrected chi connectivity index (χ1v) is 7.98. The highest BCUT2D eigenvalue weighted by Gasteiger charge is 2.09. The molecule has 1 rings (SSSR count). The number of carbonyl (C=O) groups excluding carboxylic acids is 1. The van der Waals surface area contributed by atoms with Crippen molar-refractivity contribution in [2.75, 3.05) is 17.8 Å². The Morgan fingerprint density at radius 3 is 2.71 bits per heavy atom. The SMILES string of the molecule is CS(=O)(=O)CCSc1ncc(C(N)=O)cc1Cl. The molecule has 5 nitrogen and oxygen atoms in total. The van der Waals surface area contributed by atoms with Crippen molar-refractivity contribution in [1.82, 2.24) is 4.98 Å². The largest absolute Gasteiger partial charge is 0.366 e. The van der Waals surface area contributed by atoms with Gasteiger partial charge in [-0.2, -0.15) is 0 Å². The van der Waals surface area contributed by atoms with Gasteiger partial charge in [0, 0.05) is 18.2 Å². The van der Waals surface area contributed by atoms with Crippen LogP contribution in [0.4, 0.5) is 0 Å². The fourth-order valence-electron chi connectivity index (χ4n) is 0.956. The lowest BCUT2D eigenvalue weighted by atomic mass is 10.3.